The average Bonchev–Trinajstić information content (AvgIpc) is 2.66. The van der Waals surface area contributed by atoms with Gasteiger partial charge in [0.1, 0.15) is 6.61 Å². The van der Waals surface area contributed by atoms with Gasteiger partial charge in [0, 0.05) is 5.56 Å². The largest absolute Gasteiger partial charge is 0.455 e. The molecule has 2 aromatic carbocycles. The van der Waals surface area contributed by atoms with Gasteiger partial charge in [-0.3, -0.25) is 4.79 Å². The lowest BCUT2D eigenvalue weighted by Crippen LogP contribution is -2.27. The Hall–Kier alpha value is -2.68. The molecule has 0 radical (unpaired) electrons. The summed E-state index contributed by atoms with van der Waals surface area (Å²) in [6.07, 6.45) is 4.89. The van der Waals surface area contributed by atoms with Gasteiger partial charge in [0.05, 0.1) is 0 Å². The van der Waals surface area contributed by atoms with Crippen molar-refractivity contribution < 1.29 is 14.3 Å². The lowest BCUT2D eigenvalue weighted by atomic mass is 9.67. The molecule has 1 aliphatic rings. The Kier molecular flexibility index (Phi) is 5.67. The number of ether oxygens (including phenoxy) is 1. The summed E-state index contributed by atoms with van der Waals surface area (Å²) >= 11 is 0. The van der Waals surface area contributed by atoms with E-state index in [0.29, 0.717) is 11.5 Å². The summed E-state index contributed by atoms with van der Waals surface area (Å²) in [5.41, 5.74) is 3.48. The van der Waals surface area contributed by atoms with Crippen molar-refractivity contribution in [1.82, 2.24) is 0 Å². The highest BCUT2D eigenvalue weighted by Gasteiger charge is 2.35. The van der Waals surface area contributed by atoms with Crippen molar-refractivity contribution in [1.29, 1.82) is 0 Å². The third kappa shape index (κ3) is 3.62. The van der Waals surface area contributed by atoms with Gasteiger partial charge in [-0.25, -0.2) is 4.79 Å². The predicted molar refractivity (Wildman–Crippen MR) is 102 cm³/mol. The van der Waals surface area contributed by atoms with Crippen molar-refractivity contribution in [3.63, 3.8) is 0 Å². The van der Waals surface area contributed by atoms with E-state index in [1.54, 1.807) is 6.07 Å². The first-order valence-corrected chi connectivity index (χ1v) is 9.15. The monoisotopic (exact) mass is 348 g/mol. The third-order valence-electron chi connectivity index (χ3n) is 5.22. The molecule has 3 rings (SSSR count). The molecule has 2 aromatic rings. The molecule has 3 nitrogen and oxygen atoms in total. The molecule has 1 aliphatic carbocycles. The fourth-order valence-corrected chi connectivity index (χ4v) is 3.62. The predicted octanol–water partition coefficient (Wildman–Crippen LogP) is 4.85. The van der Waals surface area contributed by atoms with E-state index in [1.165, 1.54) is 0 Å². The Labute approximate surface area is 154 Å². The minimum absolute atomic E-state index is 0.104. The summed E-state index contributed by atoms with van der Waals surface area (Å²) in [6.45, 7) is 6.09. The van der Waals surface area contributed by atoms with Crippen molar-refractivity contribution in [3.8, 4) is 0 Å². The zero-order valence-electron chi connectivity index (χ0n) is 15.1. The average molecular weight is 348 g/mol. The van der Waals surface area contributed by atoms with Crippen LogP contribution in [-0.2, 0) is 22.6 Å². The number of benzene rings is 2. The van der Waals surface area contributed by atoms with Crippen molar-refractivity contribution in [3.05, 3.63) is 83.4 Å². The van der Waals surface area contributed by atoms with Crippen LogP contribution in [0.5, 0.6) is 0 Å². The summed E-state index contributed by atoms with van der Waals surface area (Å²) < 4.78 is 5.25. The number of aryl methyl sites for hydroxylation is 1. The van der Waals surface area contributed by atoms with E-state index >= 15 is 0 Å². The molecular formula is C23H24O3. The van der Waals surface area contributed by atoms with Crippen LogP contribution in [0.25, 0.3) is 0 Å². The zero-order valence-corrected chi connectivity index (χ0v) is 15.1. The Morgan fingerprint density at radius 1 is 1.12 bits per heavy atom. The molecule has 0 amide bonds. The van der Waals surface area contributed by atoms with E-state index in [2.05, 4.69) is 13.5 Å². The standard InChI is InChI=1S/C23H24O3/c1-3-17-13-14-19(17)21-18(4-2)11-8-12-20(21)22(24)23(25)26-15-16-9-6-5-7-10-16/h3,5-12,17,19H,1,4,13-15H2,2H3/t17?,19-/m0/s1. The molecule has 0 spiro atoms. The number of carbonyl (C=O) groups excluding carboxylic acids is 2. The fourth-order valence-electron chi connectivity index (χ4n) is 3.62. The summed E-state index contributed by atoms with van der Waals surface area (Å²) in [7, 11) is 0. The number of ketones is 1. The van der Waals surface area contributed by atoms with Gasteiger partial charge in [0.25, 0.3) is 5.78 Å². The van der Waals surface area contributed by atoms with E-state index in [-0.39, 0.29) is 12.5 Å². The Bertz CT molecular complexity index is 807. The number of Topliss-reactive ketones (excluding diaryl/α,β-unsaturated/α-hetero) is 1. The molecule has 26 heavy (non-hydrogen) atoms. The van der Waals surface area contributed by atoms with Gasteiger partial charge in [0.15, 0.2) is 0 Å². The van der Waals surface area contributed by atoms with Crippen LogP contribution in [0.15, 0.2) is 61.2 Å². The minimum Gasteiger partial charge on any atom is -0.455 e. The zero-order chi connectivity index (χ0) is 18.5. The molecule has 2 atom stereocenters. The molecular weight excluding hydrogens is 324 g/mol. The molecule has 0 bridgehead atoms. The fraction of sp³-hybridized carbons (Fsp3) is 0.304. The lowest BCUT2D eigenvalue weighted by Gasteiger charge is -2.37. The van der Waals surface area contributed by atoms with Crippen LogP contribution in [0.2, 0.25) is 0 Å². The summed E-state index contributed by atoms with van der Waals surface area (Å²) in [5, 5.41) is 0. The highest BCUT2D eigenvalue weighted by Crippen LogP contribution is 2.45. The summed E-state index contributed by atoms with van der Waals surface area (Å²) in [6, 6.07) is 15.0. The van der Waals surface area contributed by atoms with Crippen LogP contribution in [0.1, 0.15) is 52.7 Å². The Morgan fingerprint density at radius 2 is 1.88 bits per heavy atom. The number of hydrogen-bond acceptors (Lipinski definition) is 3. The maximum absolute atomic E-state index is 12.8. The van der Waals surface area contributed by atoms with Crippen LogP contribution in [-0.4, -0.2) is 11.8 Å². The smallest absolute Gasteiger partial charge is 0.380 e. The van der Waals surface area contributed by atoms with E-state index in [9.17, 15) is 9.59 Å². The van der Waals surface area contributed by atoms with Crippen molar-refractivity contribution in [2.45, 2.75) is 38.7 Å². The maximum Gasteiger partial charge on any atom is 0.380 e. The first-order valence-electron chi connectivity index (χ1n) is 9.15. The maximum atomic E-state index is 12.8. The number of rotatable bonds is 7. The second-order valence-electron chi connectivity index (χ2n) is 6.71. The number of hydrogen-bond donors (Lipinski definition) is 0. The molecule has 0 aromatic heterocycles. The first kappa shape index (κ1) is 18.1. The van der Waals surface area contributed by atoms with Gasteiger partial charge in [-0.05, 0) is 47.8 Å². The highest BCUT2D eigenvalue weighted by atomic mass is 16.5. The van der Waals surface area contributed by atoms with Crippen molar-refractivity contribution in [2.24, 2.45) is 5.92 Å². The van der Waals surface area contributed by atoms with Crippen LogP contribution < -0.4 is 0 Å². The lowest BCUT2D eigenvalue weighted by molar-refractivity contribution is -0.139. The second kappa shape index (κ2) is 8.13. The van der Waals surface area contributed by atoms with Gasteiger partial charge in [-0.2, -0.15) is 0 Å². The van der Waals surface area contributed by atoms with E-state index in [4.69, 9.17) is 4.74 Å². The Morgan fingerprint density at radius 3 is 2.50 bits per heavy atom. The van der Waals surface area contributed by atoms with Crippen LogP contribution in [0, 0.1) is 5.92 Å². The molecule has 0 aliphatic heterocycles. The second-order valence-corrected chi connectivity index (χ2v) is 6.71. The van der Waals surface area contributed by atoms with Gasteiger partial charge in [0.2, 0.25) is 0 Å². The Balaban J connectivity index is 1.82. The number of carbonyl (C=O) groups is 2. The molecule has 0 N–H and O–H groups in total. The number of esters is 1. The van der Waals surface area contributed by atoms with Crippen LogP contribution in [0.3, 0.4) is 0 Å². The highest BCUT2D eigenvalue weighted by molar-refractivity contribution is 6.41. The summed E-state index contributed by atoms with van der Waals surface area (Å²) in [4.78, 5) is 25.2. The van der Waals surface area contributed by atoms with Crippen molar-refractivity contribution in [2.75, 3.05) is 0 Å². The third-order valence-corrected chi connectivity index (χ3v) is 5.22. The molecule has 134 valence electrons. The normalized spacial score (nSPS) is 18.7. The van der Waals surface area contributed by atoms with E-state index < -0.39 is 11.8 Å². The molecule has 0 saturated heterocycles. The number of allylic oxidation sites excluding steroid dienone is 1. The van der Waals surface area contributed by atoms with Crippen LogP contribution >= 0.6 is 0 Å². The van der Waals surface area contributed by atoms with Gasteiger partial charge in [-0.15, -0.1) is 6.58 Å². The molecule has 3 heteroatoms. The van der Waals surface area contributed by atoms with E-state index in [1.807, 2.05) is 48.5 Å². The molecule has 1 saturated carbocycles. The summed E-state index contributed by atoms with van der Waals surface area (Å²) in [5.74, 6) is -0.710. The molecule has 0 heterocycles. The topological polar surface area (TPSA) is 43.4 Å². The molecule has 1 fully saturated rings. The van der Waals surface area contributed by atoms with Crippen LogP contribution in [0.4, 0.5) is 0 Å². The van der Waals surface area contributed by atoms with E-state index in [0.717, 1.165) is 36.0 Å². The quantitative estimate of drug-likeness (QED) is 0.311. The minimum atomic E-state index is -0.794. The SMILES string of the molecule is C=CC1CC[C@@H]1c1c(CC)cccc1C(=O)C(=O)OCc1ccccc1. The molecule has 1 unspecified atom stereocenters. The first-order chi connectivity index (χ1) is 12.7. The van der Waals surface area contributed by atoms with Gasteiger partial charge >= 0.3 is 5.97 Å². The van der Waals surface area contributed by atoms with Gasteiger partial charge < -0.3 is 4.74 Å². The van der Waals surface area contributed by atoms with Gasteiger partial charge in [-0.1, -0.05) is 61.5 Å². The van der Waals surface area contributed by atoms with Crippen molar-refractivity contribution >= 4 is 11.8 Å².